The fourth-order valence-electron chi connectivity index (χ4n) is 1.65. The molecule has 0 saturated heterocycles. The monoisotopic (exact) mass is 233 g/mol. The minimum atomic E-state index is 0.0283. The van der Waals surface area contributed by atoms with Crippen molar-refractivity contribution in [2.75, 3.05) is 6.54 Å². The van der Waals surface area contributed by atoms with Crippen LogP contribution in [0.4, 0.5) is 0 Å². The number of hydrogen-bond acceptors (Lipinski definition) is 1. The molecule has 0 aliphatic rings. The van der Waals surface area contributed by atoms with Crippen LogP contribution in [0, 0.1) is 26.2 Å². The molecule has 0 heterocycles. The van der Waals surface area contributed by atoms with E-state index < -0.39 is 0 Å². The highest BCUT2D eigenvalue weighted by Crippen LogP contribution is 2.16. The normalized spacial score (nSPS) is 11.4. The summed E-state index contributed by atoms with van der Waals surface area (Å²) in [6.07, 6.45) is 0. The smallest absolute Gasteiger partial charge is 0.251 e. The Morgan fingerprint density at radius 2 is 1.59 bits per heavy atom. The molecule has 17 heavy (non-hydrogen) atoms. The SMILES string of the molecule is Cc1cc(C)c(C(=O)NCC(C)(C)C)cc1C. The zero-order valence-corrected chi connectivity index (χ0v) is 11.8. The largest absolute Gasteiger partial charge is 0.352 e. The van der Waals surface area contributed by atoms with Crippen LogP contribution in [-0.4, -0.2) is 12.5 Å². The van der Waals surface area contributed by atoms with Gasteiger partial charge >= 0.3 is 0 Å². The van der Waals surface area contributed by atoms with E-state index in [9.17, 15) is 4.79 Å². The summed E-state index contributed by atoms with van der Waals surface area (Å²) in [5.74, 6) is 0.0283. The Kier molecular flexibility index (Phi) is 3.97. The van der Waals surface area contributed by atoms with Crippen LogP contribution in [0.2, 0.25) is 0 Å². The Hall–Kier alpha value is -1.31. The number of amides is 1. The molecule has 0 bridgehead atoms. The second-order valence-corrected chi connectivity index (χ2v) is 5.99. The summed E-state index contributed by atoms with van der Waals surface area (Å²) in [7, 11) is 0. The third kappa shape index (κ3) is 3.88. The number of carbonyl (C=O) groups excluding carboxylic acids is 1. The van der Waals surface area contributed by atoms with E-state index in [0.29, 0.717) is 6.54 Å². The van der Waals surface area contributed by atoms with Gasteiger partial charge in [-0.25, -0.2) is 0 Å². The highest BCUT2D eigenvalue weighted by Gasteiger charge is 2.14. The van der Waals surface area contributed by atoms with E-state index in [1.54, 1.807) is 0 Å². The molecule has 0 aliphatic carbocycles. The summed E-state index contributed by atoms with van der Waals surface area (Å²) >= 11 is 0. The molecule has 1 rings (SSSR count). The number of aryl methyl sites for hydroxylation is 3. The first-order valence-electron chi connectivity index (χ1n) is 6.07. The van der Waals surface area contributed by atoms with Gasteiger partial charge < -0.3 is 5.32 Å². The van der Waals surface area contributed by atoms with Crippen molar-refractivity contribution < 1.29 is 4.79 Å². The van der Waals surface area contributed by atoms with E-state index in [0.717, 1.165) is 16.7 Å². The second kappa shape index (κ2) is 4.91. The van der Waals surface area contributed by atoms with Crippen LogP contribution in [-0.2, 0) is 0 Å². The molecule has 0 aliphatic heterocycles. The van der Waals surface area contributed by atoms with E-state index in [1.165, 1.54) is 5.56 Å². The highest BCUT2D eigenvalue weighted by atomic mass is 16.1. The molecule has 2 nitrogen and oxygen atoms in total. The van der Waals surface area contributed by atoms with Crippen molar-refractivity contribution in [2.45, 2.75) is 41.5 Å². The average Bonchev–Trinajstić information content (AvgIpc) is 2.19. The van der Waals surface area contributed by atoms with Crippen molar-refractivity contribution in [3.8, 4) is 0 Å². The predicted octanol–water partition coefficient (Wildman–Crippen LogP) is 3.39. The van der Waals surface area contributed by atoms with Crippen LogP contribution in [0.3, 0.4) is 0 Å². The predicted molar refractivity (Wildman–Crippen MR) is 72.4 cm³/mol. The van der Waals surface area contributed by atoms with Crippen LogP contribution in [0.25, 0.3) is 0 Å². The molecular formula is C15H23NO. The molecule has 1 aromatic carbocycles. The first-order chi connectivity index (χ1) is 7.70. The van der Waals surface area contributed by atoms with Crippen molar-refractivity contribution in [1.82, 2.24) is 5.32 Å². The molecule has 0 aromatic heterocycles. The first-order valence-corrected chi connectivity index (χ1v) is 6.07. The van der Waals surface area contributed by atoms with Gasteiger partial charge in [-0.1, -0.05) is 26.8 Å². The Morgan fingerprint density at radius 1 is 1.06 bits per heavy atom. The summed E-state index contributed by atoms with van der Waals surface area (Å²) in [6.45, 7) is 13.1. The average molecular weight is 233 g/mol. The van der Waals surface area contributed by atoms with Crippen molar-refractivity contribution in [3.05, 3.63) is 34.4 Å². The Bertz CT molecular complexity index is 427. The van der Waals surface area contributed by atoms with Crippen LogP contribution >= 0.6 is 0 Å². The molecule has 0 fully saturated rings. The van der Waals surface area contributed by atoms with Crippen LogP contribution in [0.5, 0.6) is 0 Å². The third-order valence-electron chi connectivity index (χ3n) is 2.86. The van der Waals surface area contributed by atoms with Crippen LogP contribution in [0.1, 0.15) is 47.8 Å². The van der Waals surface area contributed by atoms with Gasteiger partial charge in [-0.2, -0.15) is 0 Å². The summed E-state index contributed by atoms with van der Waals surface area (Å²) < 4.78 is 0. The van der Waals surface area contributed by atoms with E-state index in [4.69, 9.17) is 0 Å². The van der Waals surface area contributed by atoms with Gasteiger partial charge in [0.15, 0.2) is 0 Å². The lowest BCUT2D eigenvalue weighted by Gasteiger charge is -2.19. The minimum absolute atomic E-state index is 0.0283. The van der Waals surface area contributed by atoms with E-state index in [-0.39, 0.29) is 11.3 Å². The molecule has 1 aromatic rings. The molecule has 0 unspecified atom stereocenters. The van der Waals surface area contributed by atoms with Gasteiger partial charge in [0, 0.05) is 12.1 Å². The lowest BCUT2D eigenvalue weighted by atomic mass is 9.96. The van der Waals surface area contributed by atoms with E-state index >= 15 is 0 Å². The van der Waals surface area contributed by atoms with Crippen molar-refractivity contribution in [3.63, 3.8) is 0 Å². The van der Waals surface area contributed by atoms with Gasteiger partial charge in [-0.15, -0.1) is 0 Å². The number of hydrogen-bond donors (Lipinski definition) is 1. The number of carbonyl (C=O) groups is 1. The first kappa shape index (κ1) is 13.8. The number of benzene rings is 1. The summed E-state index contributed by atoms with van der Waals surface area (Å²) in [4.78, 5) is 12.1. The van der Waals surface area contributed by atoms with Crippen LogP contribution in [0.15, 0.2) is 12.1 Å². The lowest BCUT2D eigenvalue weighted by Crippen LogP contribution is -2.32. The maximum absolute atomic E-state index is 12.1. The quantitative estimate of drug-likeness (QED) is 0.833. The Morgan fingerprint density at radius 3 is 2.12 bits per heavy atom. The zero-order chi connectivity index (χ0) is 13.2. The standard InChI is InChI=1S/C15H23NO/c1-10-7-12(3)13(8-11(10)2)14(17)16-9-15(4,5)6/h7-8H,9H2,1-6H3,(H,16,17). The molecule has 1 N–H and O–H groups in total. The molecule has 1 amide bonds. The summed E-state index contributed by atoms with van der Waals surface area (Å²) in [5.41, 5.74) is 4.34. The maximum Gasteiger partial charge on any atom is 0.251 e. The lowest BCUT2D eigenvalue weighted by molar-refractivity contribution is 0.0938. The fraction of sp³-hybridized carbons (Fsp3) is 0.533. The summed E-state index contributed by atoms with van der Waals surface area (Å²) in [6, 6.07) is 4.05. The maximum atomic E-state index is 12.1. The molecule has 94 valence electrons. The molecule has 2 heteroatoms. The molecule has 0 saturated carbocycles. The van der Waals surface area contributed by atoms with Gasteiger partial charge in [0.05, 0.1) is 0 Å². The van der Waals surface area contributed by atoms with Crippen LogP contribution < -0.4 is 5.32 Å². The van der Waals surface area contributed by atoms with Crippen molar-refractivity contribution >= 4 is 5.91 Å². The van der Waals surface area contributed by atoms with Gasteiger partial charge in [-0.05, 0) is 48.9 Å². The molecule has 0 spiro atoms. The van der Waals surface area contributed by atoms with Gasteiger partial charge in [-0.3, -0.25) is 4.79 Å². The fourth-order valence-corrected chi connectivity index (χ4v) is 1.65. The summed E-state index contributed by atoms with van der Waals surface area (Å²) in [5, 5.41) is 2.99. The van der Waals surface area contributed by atoms with Crippen molar-refractivity contribution in [2.24, 2.45) is 5.41 Å². The third-order valence-corrected chi connectivity index (χ3v) is 2.86. The van der Waals surface area contributed by atoms with Crippen molar-refractivity contribution in [1.29, 1.82) is 0 Å². The van der Waals surface area contributed by atoms with Gasteiger partial charge in [0.1, 0.15) is 0 Å². The van der Waals surface area contributed by atoms with E-state index in [1.807, 2.05) is 19.9 Å². The minimum Gasteiger partial charge on any atom is -0.352 e. The highest BCUT2D eigenvalue weighted by molar-refractivity contribution is 5.95. The molecule has 0 radical (unpaired) electrons. The zero-order valence-electron chi connectivity index (χ0n) is 11.8. The molecular weight excluding hydrogens is 210 g/mol. The van der Waals surface area contributed by atoms with E-state index in [2.05, 4.69) is 39.1 Å². The Balaban J connectivity index is 2.86. The number of nitrogens with one attached hydrogen (secondary N) is 1. The number of rotatable bonds is 2. The second-order valence-electron chi connectivity index (χ2n) is 5.99. The topological polar surface area (TPSA) is 29.1 Å². The van der Waals surface area contributed by atoms with Gasteiger partial charge in [0.2, 0.25) is 0 Å². The molecule has 0 atom stereocenters. The van der Waals surface area contributed by atoms with Gasteiger partial charge in [0.25, 0.3) is 5.91 Å². The Labute approximate surface area is 104 Å².